The molecule has 1 aromatic carbocycles. The molecule has 0 radical (unpaired) electrons. The molecule has 0 saturated heterocycles. The van der Waals surface area contributed by atoms with Crippen molar-refractivity contribution in [2.75, 3.05) is 0 Å². The highest BCUT2D eigenvalue weighted by atomic mass is 79.9. The Kier molecular flexibility index (Phi) is 2.62. The lowest BCUT2D eigenvalue weighted by atomic mass is 9.97. The standard InChI is InChI=1S/C14H16BrNS/c1-14(2)6-10(14)12(16)9-7-17-13-8(9)4-3-5-11(13)15/h3-5,7,10,12H,6,16H2,1-2H3. The molecule has 1 heterocycles. The third-order valence-electron chi connectivity index (χ3n) is 3.96. The summed E-state index contributed by atoms with van der Waals surface area (Å²) in [5.74, 6) is 0.638. The van der Waals surface area contributed by atoms with E-state index < -0.39 is 0 Å². The summed E-state index contributed by atoms with van der Waals surface area (Å²) in [6.07, 6.45) is 1.25. The fourth-order valence-electron chi connectivity index (χ4n) is 2.64. The molecule has 90 valence electrons. The Morgan fingerprint density at radius 3 is 2.82 bits per heavy atom. The zero-order chi connectivity index (χ0) is 12.2. The van der Waals surface area contributed by atoms with Crippen molar-refractivity contribution in [1.82, 2.24) is 0 Å². The van der Waals surface area contributed by atoms with Crippen LogP contribution in [0.25, 0.3) is 10.1 Å². The van der Waals surface area contributed by atoms with Crippen LogP contribution in [0.4, 0.5) is 0 Å². The van der Waals surface area contributed by atoms with Gasteiger partial charge in [-0.05, 0) is 56.1 Å². The summed E-state index contributed by atoms with van der Waals surface area (Å²) in [7, 11) is 0. The van der Waals surface area contributed by atoms with Crippen molar-refractivity contribution in [1.29, 1.82) is 0 Å². The third kappa shape index (κ3) is 1.85. The van der Waals surface area contributed by atoms with Gasteiger partial charge in [0.05, 0.1) is 0 Å². The molecular weight excluding hydrogens is 294 g/mol. The maximum Gasteiger partial charge on any atom is 0.0488 e. The summed E-state index contributed by atoms with van der Waals surface area (Å²) >= 11 is 5.39. The van der Waals surface area contributed by atoms with Crippen molar-refractivity contribution >= 4 is 37.4 Å². The van der Waals surface area contributed by atoms with Gasteiger partial charge in [-0.1, -0.05) is 26.0 Å². The number of halogens is 1. The molecule has 0 aliphatic heterocycles. The van der Waals surface area contributed by atoms with Crippen LogP contribution in [0.15, 0.2) is 28.1 Å². The fraction of sp³-hybridized carbons (Fsp3) is 0.429. The van der Waals surface area contributed by atoms with Gasteiger partial charge in [0.1, 0.15) is 0 Å². The Bertz CT molecular complexity index is 573. The summed E-state index contributed by atoms with van der Waals surface area (Å²) in [6, 6.07) is 6.55. The molecule has 2 unspecified atom stereocenters. The molecule has 1 aromatic heterocycles. The number of nitrogens with two attached hydrogens (primary N) is 1. The summed E-state index contributed by atoms with van der Waals surface area (Å²) in [4.78, 5) is 0. The van der Waals surface area contributed by atoms with Gasteiger partial charge in [0.2, 0.25) is 0 Å². The molecule has 0 spiro atoms. The molecule has 1 saturated carbocycles. The summed E-state index contributed by atoms with van der Waals surface area (Å²) in [5.41, 5.74) is 8.18. The maximum atomic E-state index is 6.43. The molecule has 3 heteroatoms. The Morgan fingerprint density at radius 2 is 2.18 bits per heavy atom. The zero-order valence-electron chi connectivity index (χ0n) is 10.0. The average Bonchev–Trinajstić information content (AvgIpc) is 2.74. The van der Waals surface area contributed by atoms with E-state index in [9.17, 15) is 0 Å². The minimum absolute atomic E-state index is 0.188. The first-order valence-electron chi connectivity index (χ1n) is 5.92. The van der Waals surface area contributed by atoms with Crippen LogP contribution in [0.2, 0.25) is 0 Å². The third-order valence-corrected chi connectivity index (χ3v) is 5.93. The molecule has 2 N–H and O–H groups in total. The molecule has 1 aliphatic carbocycles. The van der Waals surface area contributed by atoms with Gasteiger partial charge in [-0.3, -0.25) is 0 Å². The van der Waals surface area contributed by atoms with Gasteiger partial charge in [0.25, 0.3) is 0 Å². The highest BCUT2D eigenvalue weighted by Gasteiger charge is 2.49. The fourth-order valence-corrected chi connectivity index (χ4v) is 4.31. The topological polar surface area (TPSA) is 26.0 Å². The van der Waals surface area contributed by atoms with Crippen molar-refractivity contribution < 1.29 is 0 Å². The lowest BCUT2D eigenvalue weighted by molar-refractivity contribution is 0.494. The number of fused-ring (bicyclic) bond motifs is 1. The Balaban J connectivity index is 2.04. The number of hydrogen-bond acceptors (Lipinski definition) is 2. The zero-order valence-corrected chi connectivity index (χ0v) is 12.4. The van der Waals surface area contributed by atoms with Crippen molar-refractivity contribution in [3.8, 4) is 0 Å². The van der Waals surface area contributed by atoms with E-state index in [1.165, 1.54) is 26.5 Å². The van der Waals surface area contributed by atoms with E-state index in [0.717, 1.165) is 0 Å². The van der Waals surface area contributed by atoms with Crippen molar-refractivity contribution in [2.45, 2.75) is 26.3 Å². The van der Waals surface area contributed by atoms with Crippen molar-refractivity contribution in [2.24, 2.45) is 17.1 Å². The minimum Gasteiger partial charge on any atom is -0.324 e. The first kappa shape index (κ1) is 11.7. The van der Waals surface area contributed by atoms with Crippen LogP contribution in [0, 0.1) is 11.3 Å². The first-order chi connectivity index (χ1) is 8.00. The van der Waals surface area contributed by atoms with Crippen LogP contribution in [0.1, 0.15) is 31.9 Å². The summed E-state index contributed by atoms with van der Waals surface area (Å²) < 4.78 is 2.49. The van der Waals surface area contributed by atoms with Gasteiger partial charge in [-0.2, -0.15) is 0 Å². The van der Waals surface area contributed by atoms with E-state index in [1.807, 2.05) is 0 Å². The van der Waals surface area contributed by atoms with E-state index >= 15 is 0 Å². The Morgan fingerprint density at radius 1 is 1.47 bits per heavy atom. The van der Waals surface area contributed by atoms with Crippen molar-refractivity contribution in [3.05, 3.63) is 33.6 Å². The van der Waals surface area contributed by atoms with Crippen LogP contribution >= 0.6 is 27.3 Å². The van der Waals surface area contributed by atoms with Gasteiger partial charge >= 0.3 is 0 Å². The monoisotopic (exact) mass is 309 g/mol. The van der Waals surface area contributed by atoms with Crippen LogP contribution < -0.4 is 5.73 Å². The second kappa shape index (κ2) is 3.81. The molecule has 2 atom stereocenters. The molecule has 3 rings (SSSR count). The lowest BCUT2D eigenvalue weighted by Crippen LogP contribution is -2.14. The molecule has 1 fully saturated rings. The number of hydrogen-bond donors (Lipinski definition) is 1. The second-order valence-corrected chi connectivity index (χ2v) is 7.37. The van der Waals surface area contributed by atoms with E-state index in [4.69, 9.17) is 5.73 Å². The van der Waals surface area contributed by atoms with Gasteiger partial charge in [-0.15, -0.1) is 11.3 Å². The normalized spacial score (nSPS) is 23.9. The molecule has 1 aliphatic rings. The SMILES string of the molecule is CC1(C)CC1C(N)c1csc2c(Br)cccc12. The highest BCUT2D eigenvalue weighted by molar-refractivity contribution is 9.10. The van der Waals surface area contributed by atoms with E-state index in [0.29, 0.717) is 11.3 Å². The average molecular weight is 310 g/mol. The predicted octanol–water partition coefficient (Wildman–Crippen LogP) is 4.71. The van der Waals surface area contributed by atoms with E-state index in [2.05, 4.69) is 53.4 Å². The van der Waals surface area contributed by atoms with Crippen LogP contribution in [0.3, 0.4) is 0 Å². The lowest BCUT2D eigenvalue weighted by Gasteiger charge is -2.13. The second-order valence-electron chi connectivity index (χ2n) is 5.63. The van der Waals surface area contributed by atoms with Crippen LogP contribution in [-0.2, 0) is 0 Å². The quantitative estimate of drug-likeness (QED) is 0.854. The van der Waals surface area contributed by atoms with Gasteiger partial charge in [0.15, 0.2) is 0 Å². The van der Waals surface area contributed by atoms with Crippen molar-refractivity contribution in [3.63, 3.8) is 0 Å². The molecule has 2 aromatic rings. The highest BCUT2D eigenvalue weighted by Crippen LogP contribution is 2.57. The first-order valence-corrected chi connectivity index (χ1v) is 7.59. The molecule has 0 amide bonds. The minimum atomic E-state index is 0.188. The van der Waals surface area contributed by atoms with Gasteiger partial charge in [0, 0.05) is 15.2 Å². The Hall–Kier alpha value is -0.380. The predicted molar refractivity (Wildman–Crippen MR) is 78.3 cm³/mol. The maximum absolute atomic E-state index is 6.43. The Labute approximate surface area is 114 Å². The van der Waals surface area contributed by atoms with E-state index in [1.54, 1.807) is 11.3 Å². The molecular formula is C14H16BrNS. The van der Waals surface area contributed by atoms with Crippen LogP contribution in [-0.4, -0.2) is 0 Å². The largest absolute Gasteiger partial charge is 0.324 e. The van der Waals surface area contributed by atoms with Gasteiger partial charge < -0.3 is 5.73 Å². The molecule has 17 heavy (non-hydrogen) atoms. The molecule has 1 nitrogen and oxygen atoms in total. The smallest absolute Gasteiger partial charge is 0.0488 e. The molecule has 0 bridgehead atoms. The summed E-state index contributed by atoms with van der Waals surface area (Å²) in [6.45, 7) is 4.62. The number of benzene rings is 1. The summed E-state index contributed by atoms with van der Waals surface area (Å²) in [5, 5.41) is 3.55. The van der Waals surface area contributed by atoms with Gasteiger partial charge in [-0.25, -0.2) is 0 Å². The van der Waals surface area contributed by atoms with Crippen LogP contribution in [0.5, 0.6) is 0 Å². The van der Waals surface area contributed by atoms with E-state index in [-0.39, 0.29) is 6.04 Å². The number of rotatable bonds is 2. The number of thiophene rings is 1.